The van der Waals surface area contributed by atoms with Gasteiger partial charge in [0.25, 0.3) is 0 Å². The number of amides is 1. The summed E-state index contributed by atoms with van der Waals surface area (Å²) in [7, 11) is 0. The fourth-order valence-electron chi connectivity index (χ4n) is 2.52. The molecule has 2 aromatic carbocycles. The lowest BCUT2D eigenvalue weighted by molar-refractivity contribution is -0.121. The van der Waals surface area contributed by atoms with Crippen LogP contribution in [0, 0.1) is 5.82 Å². The molecule has 1 N–H and O–H groups in total. The van der Waals surface area contributed by atoms with Crippen molar-refractivity contribution < 1.29 is 13.6 Å². The number of oxazole rings is 1. The van der Waals surface area contributed by atoms with Crippen LogP contribution in [0.15, 0.2) is 59.1 Å². The highest BCUT2D eigenvalue weighted by molar-refractivity contribution is 6.30. The van der Waals surface area contributed by atoms with Gasteiger partial charge in [-0.25, -0.2) is 9.37 Å². The molecular weight excluding hydrogens is 355 g/mol. The van der Waals surface area contributed by atoms with Crippen LogP contribution in [0.5, 0.6) is 0 Å². The summed E-state index contributed by atoms with van der Waals surface area (Å²) >= 11 is 5.87. The fourth-order valence-corrected chi connectivity index (χ4v) is 2.65. The predicted octanol–water partition coefficient (Wildman–Crippen LogP) is 4.43. The SMILES string of the molecule is O=C(CCc1ncc(-c2ccc(Cl)cc2)o1)NCCc1cccc(F)c1. The van der Waals surface area contributed by atoms with E-state index >= 15 is 0 Å². The second-order valence-corrected chi connectivity index (χ2v) is 6.29. The Balaban J connectivity index is 1.44. The Morgan fingerprint density at radius 3 is 2.73 bits per heavy atom. The fraction of sp³-hybridized carbons (Fsp3) is 0.200. The zero-order valence-corrected chi connectivity index (χ0v) is 14.8. The highest BCUT2D eigenvalue weighted by Gasteiger charge is 2.09. The number of aromatic nitrogens is 1. The number of nitrogens with one attached hydrogen (secondary N) is 1. The molecule has 3 aromatic rings. The Kier molecular flexibility index (Phi) is 6.02. The Morgan fingerprint density at radius 2 is 1.96 bits per heavy atom. The van der Waals surface area contributed by atoms with Crippen LogP contribution in [0.2, 0.25) is 5.02 Å². The third-order valence-electron chi connectivity index (χ3n) is 3.87. The maximum Gasteiger partial charge on any atom is 0.220 e. The first kappa shape index (κ1) is 18.1. The number of halogens is 2. The van der Waals surface area contributed by atoms with Gasteiger partial charge in [0.2, 0.25) is 5.91 Å². The van der Waals surface area contributed by atoms with Gasteiger partial charge in [-0.15, -0.1) is 0 Å². The van der Waals surface area contributed by atoms with Crippen LogP contribution in [0.1, 0.15) is 17.9 Å². The van der Waals surface area contributed by atoms with Gasteiger partial charge in [0.1, 0.15) is 5.82 Å². The summed E-state index contributed by atoms with van der Waals surface area (Å²) in [6.45, 7) is 0.462. The smallest absolute Gasteiger partial charge is 0.220 e. The van der Waals surface area contributed by atoms with E-state index in [0.717, 1.165) is 11.1 Å². The molecule has 4 nitrogen and oxygen atoms in total. The second kappa shape index (κ2) is 8.63. The Labute approximate surface area is 156 Å². The molecule has 0 atom stereocenters. The lowest BCUT2D eigenvalue weighted by Crippen LogP contribution is -2.25. The summed E-state index contributed by atoms with van der Waals surface area (Å²) in [6.07, 6.45) is 2.92. The van der Waals surface area contributed by atoms with Crippen LogP contribution in [-0.4, -0.2) is 17.4 Å². The number of rotatable bonds is 7. The molecule has 0 saturated carbocycles. The quantitative estimate of drug-likeness (QED) is 0.667. The summed E-state index contributed by atoms with van der Waals surface area (Å²) in [5, 5.41) is 3.48. The molecule has 0 aliphatic rings. The monoisotopic (exact) mass is 372 g/mol. The van der Waals surface area contributed by atoms with Gasteiger partial charge < -0.3 is 9.73 Å². The average Bonchev–Trinajstić information content (AvgIpc) is 3.10. The van der Waals surface area contributed by atoms with E-state index in [9.17, 15) is 9.18 Å². The zero-order valence-electron chi connectivity index (χ0n) is 14.0. The highest BCUT2D eigenvalue weighted by Crippen LogP contribution is 2.22. The molecule has 3 rings (SSSR count). The normalized spacial score (nSPS) is 10.7. The van der Waals surface area contributed by atoms with Crippen molar-refractivity contribution in [1.82, 2.24) is 10.3 Å². The molecular formula is C20H18ClFN2O2. The van der Waals surface area contributed by atoms with E-state index in [1.54, 1.807) is 24.4 Å². The van der Waals surface area contributed by atoms with E-state index in [1.165, 1.54) is 12.1 Å². The lowest BCUT2D eigenvalue weighted by atomic mass is 10.1. The zero-order chi connectivity index (χ0) is 18.4. The molecule has 6 heteroatoms. The predicted molar refractivity (Wildman–Crippen MR) is 98.4 cm³/mol. The van der Waals surface area contributed by atoms with E-state index < -0.39 is 0 Å². The van der Waals surface area contributed by atoms with Crippen molar-refractivity contribution in [3.8, 4) is 11.3 Å². The number of carbonyl (C=O) groups is 1. The molecule has 0 aliphatic heterocycles. The molecule has 0 saturated heterocycles. The van der Waals surface area contributed by atoms with Crippen molar-refractivity contribution in [1.29, 1.82) is 0 Å². The third kappa shape index (κ3) is 5.17. The maximum absolute atomic E-state index is 13.1. The summed E-state index contributed by atoms with van der Waals surface area (Å²) in [5.41, 5.74) is 1.73. The minimum absolute atomic E-state index is 0.0901. The summed E-state index contributed by atoms with van der Waals surface area (Å²) in [4.78, 5) is 16.1. The standard InChI is InChI=1S/C20H18ClFN2O2/c21-16-6-4-15(5-7-16)18-13-24-20(26-18)9-8-19(25)23-11-10-14-2-1-3-17(22)12-14/h1-7,12-13H,8-11H2,(H,23,25). The van der Waals surface area contributed by atoms with E-state index in [0.29, 0.717) is 36.1 Å². The number of hydrogen-bond acceptors (Lipinski definition) is 3. The third-order valence-corrected chi connectivity index (χ3v) is 4.13. The van der Waals surface area contributed by atoms with Gasteiger partial charge in [-0.1, -0.05) is 23.7 Å². The van der Waals surface area contributed by atoms with Crippen molar-refractivity contribution in [2.24, 2.45) is 0 Å². The molecule has 26 heavy (non-hydrogen) atoms. The van der Waals surface area contributed by atoms with Gasteiger partial charge in [0.15, 0.2) is 11.7 Å². The van der Waals surface area contributed by atoms with Crippen LogP contribution >= 0.6 is 11.6 Å². The van der Waals surface area contributed by atoms with E-state index in [4.69, 9.17) is 16.0 Å². The molecule has 134 valence electrons. The van der Waals surface area contributed by atoms with Crippen molar-refractivity contribution in [3.05, 3.63) is 77.0 Å². The summed E-state index contributed by atoms with van der Waals surface area (Å²) in [6, 6.07) is 13.6. The molecule has 0 unspecified atom stereocenters. The molecule has 0 radical (unpaired) electrons. The Bertz CT molecular complexity index is 878. The first-order valence-corrected chi connectivity index (χ1v) is 8.70. The first-order chi connectivity index (χ1) is 12.6. The van der Waals surface area contributed by atoms with Gasteiger partial charge in [-0.3, -0.25) is 4.79 Å². The van der Waals surface area contributed by atoms with Crippen molar-refractivity contribution in [3.63, 3.8) is 0 Å². The second-order valence-electron chi connectivity index (χ2n) is 5.86. The van der Waals surface area contributed by atoms with Crippen LogP contribution in [-0.2, 0) is 17.6 Å². The molecule has 0 bridgehead atoms. The van der Waals surface area contributed by atoms with Crippen LogP contribution in [0.25, 0.3) is 11.3 Å². The van der Waals surface area contributed by atoms with Gasteiger partial charge in [0.05, 0.1) is 6.20 Å². The van der Waals surface area contributed by atoms with E-state index in [-0.39, 0.29) is 18.1 Å². The van der Waals surface area contributed by atoms with E-state index in [1.807, 2.05) is 18.2 Å². The number of hydrogen-bond donors (Lipinski definition) is 1. The van der Waals surface area contributed by atoms with E-state index in [2.05, 4.69) is 10.3 Å². The summed E-state index contributed by atoms with van der Waals surface area (Å²) in [5.74, 6) is 0.792. The molecule has 1 amide bonds. The molecule has 1 heterocycles. The molecule has 1 aromatic heterocycles. The maximum atomic E-state index is 13.1. The van der Waals surface area contributed by atoms with Crippen molar-refractivity contribution >= 4 is 17.5 Å². The van der Waals surface area contributed by atoms with Gasteiger partial charge >= 0.3 is 0 Å². The minimum atomic E-state index is -0.269. The van der Waals surface area contributed by atoms with Crippen LogP contribution in [0.4, 0.5) is 4.39 Å². The van der Waals surface area contributed by atoms with Gasteiger partial charge in [-0.2, -0.15) is 0 Å². The largest absolute Gasteiger partial charge is 0.441 e. The lowest BCUT2D eigenvalue weighted by Gasteiger charge is -2.04. The molecule has 0 spiro atoms. The number of nitrogens with zero attached hydrogens (tertiary/aromatic N) is 1. The topological polar surface area (TPSA) is 55.1 Å². The van der Waals surface area contributed by atoms with Crippen LogP contribution in [0.3, 0.4) is 0 Å². The Hall–Kier alpha value is -2.66. The highest BCUT2D eigenvalue weighted by atomic mass is 35.5. The van der Waals surface area contributed by atoms with Crippen LogP contribution < -0.4 is 5.32 Å². The van der Waals surface area contributed by atoms with Gasteiger partial charge in [0, 0.05) is 30.0 Å². The minimum Gasteiger partial charge on any atom is -0.441 e. The summed E-state index contributed by atoms with van der Waals surface area (Å²) < 4.78 is 18.8. The van der Waals surface area contributed by atoms with Crippen molar-refractivity contribution in [2.45, 2.75) is 19.3 Å². The Morgan fingerprint density at radius 1 is 1.15 bits per heavy atom. The number of aryl methyl sites for hydroxylation is 1. The molecule has 0 aliphatic carbocycles. The van der Waals surface area contributed by atoms with Crippen molar-refractivity contribution in [2.75, 3.05) is 6.54 Å². The number of benzene rings is 2. The first-order valence-electron chi connectivity index (χ1n) is 8.32. The average molecular weight is 373 g/mol. The van der Waals surface area contributed by atoms with Gasteiger partial charge in [-0.05, 0) is 48.4 Å². The number of carbonyl (C=O) groups excluding carboxylic acids is 1. The molecule has 0 fully saturated rings.